The van der Waals surface area contributed by atoms with Crippen molar-refractivity contribution in [3.8, 4) is 0 Å². The van der Waals surface area contributed by atoms with Crippen molar-refractivity contribution in [1.29, 1.82) is 0 Å². The number of hydrogen-bond donors (Lipinski definition) is 1. The summed E-state index contributed by atoms with van der Waals surface area (Å²) in [7, 11) is 0. The number of nitrogens with one attached hydrogen (secondary N) is 1. The van der Waals surface area contributed by atoms with Crippen molar-refractivity contribution in [3.05, 3.63) is 41.2 Å². The summed E-state index contributed by atoms with van der Waals surface area (Å²) in [6.07, 6.45) is 7.60. The Hall–Kier alpha value is -2.24. The third-order valence-electron chi connectivity index (χ3n) is 4.46. The Morgan fingerprint density at radius 2 is 2.09 bits per heavy atom. The number of aryl methyl sites for hydroxylation is 2. The third-order valence-corrected chi connectivity index (χ3v) is 4.46. The molecule has 116 valence electrons. The second-order valence-corrected chi connectivity index (χ2v) is 5.87. The van der Waals surface area contributed by atoms with Gasteiger partial charge in [-0.05, 0) is 26.7 Å². The normalized spacial score (nSPS) is 16.0. The van der Waals surface area contributed by atoms with Crippen LogP contribution in [-0.4, -0.2) is 44.1 Å². The second-order valence-electron chi connectivity index (χ2n) is 5.87. The molecule has 0 saturated carbocycles. The average molecular weight is 299 g/mol. The highest BCUT2D eigenvalue weighted by atomic mass is 16.2. The standard InChI is InChI=1S/C16H21N5O/c1-11-14(12(2)20-19-11)9-16(22)21-7-3-13(4-8-21)15-10-17-5-6-18-15/h5-6,10,13H,3-4,7-9H2,1-2H3,(H,19,20). The number of rotatable bonds is 3. The molecule has 3 rings (SSSR count). The molecule has 1 aliphatic rings. The fourth-order valence-corrected chi connectivity index (χ4v) is 3.04. The van der Waals surface area contributed by atoms with Crippen LogP contribution in [0.1, 0.15) is 41.4 Å². The number of hydrogen-bond acceptors (Lipinski definition) is 4. The van der Waals surface area contributed by atoms with Crippen LogP contribution < -0.4 is 0 Å². The molecule has 6 heteroatoms. The zero-order valence-corrected chi connectivity index (χ0v) is 13.0. The average Bonchev–Trinajstić information content (AvgIpc) is 2.88. The van der Waals surface area contributed by atoms with Gasteiger partial charge in [0.1, 0.15) is 0 Å². The summed E-state index contributed by atoms with van der Waals surface area (Å²) in [5, 5.41) is 7.09. The van der Waals surface area contributed by atoms with E-state index in [0.717, 1.165) is 48.6 Å². The molecule has 1 fully saturated rings. The van der Waals surface area contributed by atoms with E-state index in [1.165, 1.54) is 0 Å². The molecule has 2 aromatic rings. The van der Waals surface area contributed by atoms with E-state index in [1.807, 2.05) is 24.9 Å². The van der Waals surface area contributed by atoms with Crippen LogP contribution in [0.2, 0.25) is 0 Å². The second kappa shape index (κ2) is 6.25. The van der Waals surface area contributed by atoms with Crippen LogP contribution in [0.25, 0.3) is 0 Å². The van der Waals surface area contributed by atoms with Crippen LogP contribution in [0, 0.1) is 13.8 Å². The van der Waals surface area contributed by atoms with Crippen LogP contribution in [0.4, 0.5) is 0 Å². The first-order chi connectivity index (χ1) is 10.6. The van der Waals surface area contributed by atoms with E-state index >= 15 is 0 Å². The summed E-state index contributed by atoms with van der Waals surface area (Å²) in [5.41, 5.74) is 3.97. The lowest BCUT2D eigenvalue weighted by Crippen LogP contribution is -2.39. The van der Waals surface area contributed by atoms with Gasteiger partial charge in [-0.3, -0.25) is 19.9 Å². The number of aromatic amines is 1. The molecule has 0 aromatic carbocycles. The largest absolute Gasteiger partial charge is 0.342 e. The molecule has 0 bridgehead atoms. The number of likely N-dealkylation sites (tertiary alicyclic amines) is 1. The van der Waals surface area contributed by atoms with Gasteiger partial charge in [-0.1, -0.05) is 0 Å². The van der Waals surface area contributed by atoms with Gasteiger partial charge in [0, 0.05) is 48.9 Å². The minimum absolute atomic E-state index is 0.185. The number of amides is 1. The summed E-state index contributed by atoms with van der Waals surface area (Å²) < 4.78 is 0. The van der Waals surface area contributed by atoms with E-state index in [-0.39, 0.29) is 5.91 Å². The van der Waals surface area contributed by atoms with E-state index in [1.54, 1.807) is 12.4 Å². The minimum Gasteiger partial charge on any atom is -0.342 e. The van der Waals surface area contributed by atoms with E-state index in [9.17, 15) is 4.79 Å². The van der Waals surface area contributed by atoms with Crippen molar-refractivity contribution in [1.82, 2.24) is 25.1 Å². The Labute approximate surface area is 130 Å². The molecular weight excluding hydrogens is 278 g/mol. The lowest BCUT2D eigenvalue weighted by atomic mass is 9.93. The topological polar surface area (TPSA) is 74.8 Å². The van der Waals surface area contributed by atoms with Gasteiger partial charge in [-0.2, -0.15) is 5.10 Å². The third kappa shape index (κ3) is 3.00. The molecule has 1 saturated heterocycles. The number of nitrogens with zero attached hydrogens (tertiary/aromatic N) is 4. The molecule has 1 N–H and O–H groups in total. The minimum atomic E-state index is 0.185. The Morgan fingerprint density at radius 1 is 1.32 bits per heavy atom. The highest BCUT2D eigenvalue weighted by Crippen LogP contribution is 2.26. The summed E-state index contributed by atoms with van der Waals surface area (Å²) >= 11 is 0. The molecule has 0 unspecified atom stereocenters. The first kappa shape index (κ1) is 14.7. The van der Waals surface area contributed by atoms with Gasteiger partial charge in [0.2, 0.25) is 5.91 Å². The van der Waals surface area contributed by atoms with Crippen LogP contribution >= 0.6 is 0 Å². The summed E-state index contributed by atoms with van der Waals surface area (Å²) in [6, 6.07) is 0. The number of carbonyl (C=O) groups excluding carboxylic acids is 1. The summed E-state index contributed by atoms with van der Waals surface area (Å²) in [5.74, 6) is 0.598. The van der Waals surface area contributed by atoms with Crippen molar-refractivity contribution in [2.24, 2.45) is 0 Å². The molecular formula is C16H21N5O. The molecule has 1 aliphatic heterocycles. The maximum absolute atomic E-state index is 12.5. The Kier molecular flexibility index (Phi) is 4.18. The smallest absolute Gasteiger partial charge is 0.227 e. The van der Waals surface area contributed by atoms with Gasteiger partial charge in [0.15, 0.2) is 0 Å². The van der Waals surface area contributed by atoms with Crippen molar-refractivity contribution >= 4 is 5.91 Å². The maximum Gasteiger partial charge on any atom is 0.227 e. The number of aromatic nitrogens is 4. The molecule has 22 heavy (non-hydrogen) atoms. The summed E-state index contributed by atoms with van der Waals surface area (Å²) in [4.78, 5) is 22.9. The lowest BCUT2D eigenvalue weighted by Gasteiger charge is -2.31. The van der Waals surface area contributed by atoms with Crippen LogP contribution in [0.5, 0.6) is 0 Å². The monoisotopic (exact) mass is 299 g/mol. The van der Waals surface area contributed by atoms with Crippen molar-refractivity contribution < 1.29 is 4.79 Å². The highest BCUT2D eigenvalue weighted by molar-refractivity contribution is 5.79. The summed E-state index contributed by atoms with van der Waals surface area (Å²) in [6.45, 7) is 5.47. The molecule has 0 radical (unpaired) electrons. The van der Waals surface area contributed by atoms with E-state index in [0.29, 0.717) is 12.3 Å². The van der Waals surface area contributed by atoms with E-state index < -0.39 is 0 Å². The van der Waals surface area contributed by atoms with Gasteiger partial charge in [0.05, 0.1) is 17.8 Å². The Bertz CT molecular complexity index is 624. The SMILES string of the molecule is Cc1n[nH]c(C)c1CC(=O)N1CCC(c2cnccn2)CC1. The first-order valence-electron chi connectivity index (χ1n) is 7.69. The quantitative estimate of drug-likeness (QED) is 0.937. The van der Waals surface area contributed by atoms with Crippen molar-refractivity contribution in [2.75, 3.05) is 13.1 Å². The number of carbonyl (C=O) groups is 1. The number of piperidine rings is 1. The lowest BCUT2D eigenvalue weighted by molar-refractivity contribution is -0.131. The number of H-pyrrole nitrogens is 1. The van der Waals surface area contributed by atoms with Gasteiger partial charge in [-0.15, -0.1) is 0 Å². The van der Waals surface area contributed by atoms with Gasteiger partial charge in [0.25, 0.3) is 0 Å². The fraction of sp³-hybridized carbons (Fsp3) is 0.500. The van der Waals surface area contributed by atoms with Gasteiger partial charge >= 0.3 is 0 Å². The molecule has 3 heterocycles. The Balaban J connectivity index is 1.58. The predicted octanol–water partition coefficient (Wildman–Crippen LogP) is 1.77. The van der Waals surface area contributed by atoms with Crippen LogP contribution in [0.15, 0.2) is 18.6 Å². The maximum atomic E-state index is 12.5. The van der Waals surface area contributed by atoms with Crippen molar-refractivity contribution in [2.45, 2.75) is 39.0 Å². The van der Waals surface area contributed by atoms with E-state index in [2.05, 4.69) is 20.2 Å². The molecule has 0 aliphatic carbocycles. The van der Waals surface area contributed by atoms with Crippen LogP contribution in [0.3, 0.4) is 0 Å². The molecule has 1 amide bonds. The molecule has 0 atom stereocenters. The van der Waals surface area contributed by atoms with Crippen molar-refractivity contribution in [3.63, 3.8) is 0 Å². The van der Waals surface area contributed by atoms with E-state index in [4.69, 9.17) is 0 Å². The molecule has 6 nitrogen and oxygen atoms in total. The fourth-order valence-electron chi connectivity index (χ4n) is 3.04. The Morgan fingerprint density at radius 3 is 2.68 bits per heavy atom. The molecule has 2 aromatic heterocycles. The highest BCUT2D eigenvalue weighted by Gasteiger charge is 2.25. The zero-order chi connectivity index (χ0) is 15.5. The van der Waals surface area contributed by atoms with Gasteiger partial charge < -0.3 is 4.90 Å². The predicted molar refractivity (Wildman–Crippen MR) is 82.4 cm³/mol. The zero-order valence-electron chi connectivity index (χ0n) is 13.0. The first-order valence-corrected chi connectivity index (χ1v) is 7.69. The van der Waals surface area contributed by atoms with Crippen LogP contribution in [-0.2, 0) is 11.2 Å². The molecule has 0 spiro atoms. The van der Waals surface area contributed by atoms with Gasteiger partial charge in [-0.25, -0.2) is 0 Å².